The molecule has 1 aromatic heterocycles. The lowest BCUT2D eigenvalue weighted by molar-refractivity contribution is -0.149. The first-order valence-electron chi connectivity index (χ1n) is 8.14. The first-order valence-corrected chi connectivity index (χ1v) is 10.1. The molecule has 26 heavy (non-hydrogen) atoms. The molecule has 0 spiro atoms. The van der Waals surface area contributed by atoms with E-state index in [1.54, 1.807) is 23.3 Å². The molecule has 0 aliphatic rings. The van der Waals surface area contributed by atoms with Crippen molar-refractivity contribution < 1.29 is 14.3 Å². The van der Waals surface area contributed by atoms with Crippen molar-refractivity contribution in [1.82, 2.24) is 4.90 Å². The van der Waals surface area contributed by atoms with Gasteiger partial charge in [-0.3, -0.25) is 9.59 Å². The van der Waals surface area contributed by atoms with Crippen LogP contribution < -0.4 is 0 Å². The van der Waals surface area contributed by atoms with Crippen LogP contribution in [0.3, 0.4) is 0 Å². The quantitative estimate of drug-likeness (QED) is 0.452. The fourth-order valence-corrected chi connectivity index (χ4v) is 3.84. The van der Waals surface area contributed by atoms with Gasteiger partial charge in [-0.05, 0) is 45.3 Å². The second-order valence-electron chi connectivity index (χ2n) is 5.84. The fourth-order valence-electron chi connectivity index (χ4n) is 2.44. The van der Waals surface area contributed by atoms with E-state index < -0.39 is 0 Å². The minimum Gasteiger partial charge on any atom is -0.455 e. The van der Waals surface area contributed by atoms with Crippen molar-refractivity contribution in [1.29, 1.82) is 0 Å². The van der Waals surface area contributed by atoms with Gasteiger partial charge in [-0.2, -0.15) is 11.3 Å². The number of hydrogen-bond acceptors (Lipinski definition) is 5. The molecule has 0 saturated heterocycles. The maximum Gasteiger partial charge on any atom is 0.316 e. The molecule has 2 aromatic carbocycles. The number of hydrogen-bond donors (Lipinski definition) is 0. The van der Waals surface area contributed by atoms with Crippen molar-refractivity contribution >= 4 is 45.7 Å². The lowest BCUT2D eigenvalue weighted by Gasteiger charge is -2.16. The zero-order valence-corrected chi connectivity index (χ0v) is 16.0. The second kappa shape index (κ2) is 8.87. The van der Waals surface area contributed by atoms with Crippen LogP contribution in [-0.4, -0.2) is 36.2 Å². The molecule has 6 heteroatoms. The molecule has 0 atom stereocenters. The number of thioether (sulfide) groups is 1. The number of benzene rings is 2. The van der Waals surface area contributed by atoms with Crippen LogP contribution in [0.4, 0.5) is 0 Å². The van der Waals surface area contributed by atoms with Crippen LogP contribution in [0.2, 0.25) is 0 Å². The summed E-state index contributed by atoms with van der Waals surface area (Å²) >= 11 is 3.00. The third-order valence-electron chi connectivity index (χ3n) is 3.86. The summed E-state index contributed by atoms with van der Waals surface area (Å²) in [7, 11) is 1.71. The number of likely N-dealkylation sites (N-methyl/N-ethyl adjacent to an activating group) is 1. The van der Waals surface area contributed by atoms with E-state index in [9.17, 15) is 9.59 Å². The molecule has 0 N–H and O–H groups in total. The Balaban J connectivity index is 1.43. The summed E-state index contributed by atoms with van der Waals surface area (Å²) in [6.45, 7) is 0.295. The molecule has 1 heterocycles. The number of rotatable bonds is 7. The van der Waals surface area contributed by atoms with Crippen molar-refractivity contribution in [2.24, 2.45) is 0 Å². The van der Waals surface area contributed by atoms with Crippen molar-refractivity contribution in [3.63, 3.8) is 0 Å². The number of carbonyl (C=O) groups excluding carboxylic acids is 2. The van der Waals surface area contributed by atoms with Gasteiger partial charge in [-0.25, -0.2) is 0 Å². The van der Waals surface area contributed by atoms with E-state index in [0.717, 1.165) is 15.8 Å². The Hall–Kier alpha value is -2.31. The molecular weight excluding hydrogens is 366 g/mol. The Morgan fingerprint density at radius 2 is 1.92 bits per heavy atom. The summed E-state index contributed by atoms with van der Waals surface area (Å²) in [6.07, 6.45) is 0. The Kier molecular flexibility index (Phi) is 6.30. The van der Waals surface area contributed by atoms with Gasteiger partial charge in [0.15, 0.2) is 6.61 Å². The van der Waals surface area contributed by atoms with E-state index in [2.05, 4.69) is 6.07 Å². The average Bonchev–Trinajstić information content (AvgIpc) is 3.17. The van der Waals surface area contributed by atoms with Crippen LogP contribution in [0.25, 0.3) is 10.8 Å². The number of esters is 1. The molecule has 0 aliphatic carbocycles. The first kappa shape index (κ1) is 18.5. The van der Waals surface area contributed by atoms with E-state index in [-0.39, 0.29) is 24.2 Å². The molecule has 0 unspecified atom stereocenters. The molecule has 4 nitrogen and oxygen atoms in total. The smallest absolute Gasteiger partial charge is 0.316 e. The zero-order valence-electron chi connectivity index (χ0n) is 14.4. The SMILES string of the molecule is CN(Cc1ccsc1)C(=O)COC(=O)CSc1ccc2ccccc2c1. The van der Waals surface area contributed by atoms with E-state index in [1.807, 2.05) is 53.2 Å². The van der Waals surface area contributed by atoms with Crippen molar-refractivity contribution in [3.05, 3.63) is 64.9 Å². The zero-order chi connectivity index (χ0) is 18.4. The summed E-state index contributed by atoms with van der Waals surface area (Å²) in [5, 5.41) is 6.27. The Morgan fingerprint density at radius 3 is 2.69 bits per heavy atom. The average molecular weight is 386 g/mol. The maximum absolute atomic E-state index is 12.0. The lowest BCUT2D eigenvalue weighted by atomic mass is 10.1. The standard InChI is InChI=1S/C20H19NO3S2/c1-21(11-15-8-9-25-13-15)19(22)12-24-20(23)14-26-18-7-6-16-4-2-3-5-17(16)10-18/h2-10,13H,11-12,14H2,1H3. The third-order valence-corrected chi connectivity index (χ3v) is 5.56. The van der Waals surface area contributed by atoms with Crippen LogP contribution in [-0.2, 0) is 20.9 Å². The summed E-state index contributed by atoms with van der Waals surface area (Å²) in [6, 6.07) is 16.1. The summed E-state index contributed by atoms with van der Waals surface area (Å²) in [5.74, 6) is -0.416. The number of carbonyl (C=O) groups is 2. The molecule has 0 fully saturated rings. The van der Waals surface area contributed by atoms with Crippen LogP contribution >= 0.6 is 23.1 Å². The maximum atomic E-state index is 12.0. The highest BCUT2D eigenvalue weighted by molar-refractivity contribution is 8.00. The van der Waals surface area contributed by atoms with Gasteiger partial charge in [-0.1, -0.05) is 30.3 Å². The van der Waals surface area contributed by atoms with E-state index in [0.29, 0.717) is 6.54 Å². The van der Waals surface area contributed by atoms with Crippen molar-refractivity contribution in [2.75, 3.05) is 19.4 Å². The number of amides is 1. The Bertz CT molecular complexity index is 893. The Labute approximate surface area is 160 Å². The highest BCUT2D eigenvalue weighted by Crippen LogP contribution is 2.23. The normalized spacial score (nSPS) is 10.7. The first-order chi connectivity index (χ1) is 12.6. The highest BCUT2D eigenvalue weighted by Gasteiger charge is 2.13. The van der Waals surface area contributed by atoms with Gasteiger partial charge in [0.2, 0.25) is 0 Å². The van der Waals surface area contributed by atoms with Crippen molar-refractivity contribution in [2.45, 2.75) is 11.4 Å². The van der Waals surface area contributed by atoms with Crippen LogP contribution in [0.5, 0.6) is 0 Å². The number of ether oxygens (including phenoxy) is 1. The summed E-state index contributed by atoms with van der Waals surface area (Å²) in [5.41, 5.74) is 1.07. The number of nitrogens with zero attached hydrogens (tertiary/aromatic N) is 1. The number of fused-ring (bicyclic) bond motifs is 1. The van der Waals surface area contributed by atoms with Gasteiger partial charge in [0.1, 0.15) is 0 Å². The largest absolute Gasteiger partial charge is 0.455 e. The molecule has 0 saturated carbocycles. The van der Waals surface area contributed by atoms with Gasteiger partial charge >= 0.3 is 5.97 Å². The van der Waals surface area contributed by atoms with Gasteiger partial charge in [0.05, 0.1) is 5.75 Å². The van der Waals surface area contributed by atoms with Crippen LogP contribution in [0.1, 0.15) is 5.56 Å². The van der Waals surface area contributed by atoms with Crippen LogP contribution in [0.15, 0.2) is 64.2 Å². The molecule has 3 aromatic rings. The molecule has 0 aliphatic heterocycles. The predicted molar refractivity (Wildman–Crippen MR) is 106 cm³/mol. The van der Waals surface area contributed by atoms with E-state index in [1.165, 1.54) is 17.1 Å². The Morgan fingerprint density at radius 1 is 1.12 bits per heavy atom. The monoisotopic (exact) mass is 385 g/mol. The predicted octanol–water partition coefficient (Wildman–Crippen LogP) is 4.20. The van der Waals surface area contributed by atoms with Gasteiger partial charge in [0, 0.05) is 18.5 Å². The second-order valence-corrected chi connectivity index (χ2v) is 7.67. The minimum atomic E-state index is -0.388. The van der Waals surface area contributed by atoms with Gasteiger partial charge in [-0.15, -0.1) is 11.8 Å². The molecule has 0 bridgehead atoms. The molecule has 1 amide bonds. The minimum absolute atomic E-state index is 0.180. The number of thiophene rings is 1. The summed E-state index contributed by atoms with van der Waals surface area (Å²) < 4.78 is 5.10. The third kappa shape index (κ3) is 5.09. The highest BCUT2D eigenvalue weighted by atomic mass is 32.2. The molecular formula is C20H19NO3S2. The van der Waals surface area contributed by atoms with E-state index >= 15 is 0 Å². The lowest BCUT2D eigenvalue weighted by Crippen LogP contribution is -2.30. The van der Waals surface area contributed by atoms with E-state index in [4.69, 9.17) is 4.74 Å². The topological polar surface area (TPSA) is 46.6 Å². The van der Waals surface area contributed by atoms with Gasteiger partial charge < -0.3 is 9.64 Å². The molecule has 3 rings (SSSR count). The summed E-state index contributed by atoms with van der Waals surface area (Å²) in [4.78, 5) is 26.5. The molecule has 0 radical (unpaired) electrons. The van der Waals surface area contributed by atoms with Crippen molar-refractivity contribution in [3.8, 4) is 0 Å². The molecule has 134 valence electrons. The van der Waals surface area contributed by atoms with Gasteiger partial charge in [0.25, 0.3) is 5.91 Å². The fraction of sp³-hybridized carbons (Fsp3) is 0.200. The van der Waals surface area contributed by atoms with Crippen LogP contribution in [0, 0.1) is 0 Å².